The van der Waals surface area contributed by atoms with Gasteiger partial charge in [0, 0.05) is 0 Å². The van der Waals surface area contributed by atoms with Crippen LogP contribution in [0.15, 0.2) is 0 Å². The summed E-state index contributed by atoms with van der Waals surface area (Å²) in [5.41, 5.74) is 0. The van der Waals surface area contributed by atoms with Gasteiger partial charge in [0.1, 0.15) is 0 Å². The van der Waals surface area contributed by atoms with E-state index in [1.54, 1.807) is 0 Å². The highest BCUT2D eigenvalue weighted by molar-refractivity contribution is 4.64. The molecule has 1 fully saturated rings. The van der Waals surface area contributed by atoms with Crippen LogP contribution < -0.4 is 0 Å². The molecule has 0 radical (unpaired) electrons. The maximum absolute atomic E-state index is 8.67. The van der Waals surface area contributed by atoms with Gasteiger partial charge in [-0.3, -0.25) is 0 Å². The van der Waals surface area contributed by atoms with Crippen LogP contribution in [0.2, 0.25) is 0 Å². The van der Waals surface area contributed by atoms with Gasteiger partial charge >= 0.3 is 0 Å². The Balaban J connectivity index is 0. The number of rotatable bonds is 4. The molecule has 1 aliphatic heterocycles. The maximum atomic E-state index is 8.67. The van der Waals surface area contributed by atoms with Crippen molar-refractivity contribution in [2.24, 2.45) is 0 Å². The van der Waals surface area contributed by atoms with E-state index in [2.05, 4.69) is 20.8 Å². The molecule has 0 aromatic rings. The van der Waals surface area contributed by atoms with Crippen LogP contribution in [0.25, 0.3) is 0 Å². The Bertz CT molecular complexity index is 94.7. The predicted octanol–water partition coefficient (Wildman–Crippen LogP) is 3.77. The first-order chi connectivity index (χ1) is 7.15. The Hall–Kier alpha value is -0.0800. The quantitative estimate of drug-likeness (QED) is 0.729. The highest BCUT2D eigenvalue weighted by atomic mass is 16.6. The van der Waals surface area contributed by atoms with E-state index in [9.17, 15) is 0 Å². The third-order valence-corrected chi connectivity index (χ3v) is 2.30. The smallest absolute Gasteiger partial charge is 0.0807 e. The largest absolute Gasteiger partial charge is 0.393 e. The lowest BCUT2D eigenvalue weighted by Gasteiger charge is -1.98. The molecule has 1 unspecified atom stereocenters. The molecular formula is C13H30O2. The molecule has 2 nitrogen and oxygen atoms in total. The third-order valence-electron chi connectivity index (χ3n) is 2.30. The fourth-order valence-corrected chi connectivity index (χ4v) is 0.592. The molecule has 0 bridgehead atoms. The van der Waals surface area contributed by atoms with Crippen LogP contribution in [-0.2, 0) is 4.74 Å². The van der Waals surface area contributed by atoms with Gasteiger partial charge < -0.3 is 9.84 Å². The van der Waals surface area contributed by atoms with Crippen molar-refractivity contribution in [1.82, 2.24) is 0 Å². The van der Waals surface area contributed by atoms with Crippen molar-refractivity contribution < 1.29 is 9.84 Å². The number of aliphatic hydroxyl groups is 1. The van der Waals surface area contributed by atoms with Gasteiger partial charge in [-0.25, -0.2) is 0 Å². The molecule has 1 saturated heterocycles. The number of epoxide rings is 1. The Morgan fingerprint density at radius 3 is 1.47 bits per heavy atom. The fourth-order valence-electron chi connectivity index (χ4n) is 0.592. The normalized spacial score (nSPS) is 17.4. The molecule has 1 rings (SSSR count). The zero-order valence-electron chi connectivity index (χ0n) is 11.3. The van der Waals surface area contributed by atoms with Crippen molar-refractivity contribution in [2.45, 2.75) is 78.9 Å². The average molecular weight is 218 g/mol. The highest BCUT2D eigenvalue weighted by Gasteiger charge is 2.18. The summed E-state index contributed by atoms with van der Waals surface area (Å²) in [5, 5.41) is 8.67. The van der Waals surface area contributed by atoms with Gasteiger partial charge in [-0.2, -0.15) is 0 Å². The van der Waals surface area contributed by atoms with E-state index in [1.165, 1.54) is 19.3 Å². The maximum Gasteiger partial charge on any atom is 0.0807 e. The van der Waals surface area contributed by atoms with Crippen LogP contribution in [0.5, 0.6) is 0 Å². The standard InChI is InChI=1S/C5H12O.C4H8O.C4H10/c1-3-5(6)4-2;1-2-4-3-5-4;1-3-4-2/h5-6H,3-4H2,1-2H3;4H,2-3H2,1H3;3-4H2,1-2H3. The zero-order valence-corrected chi connectivity index (χ0v) is 11.3. The van der Waals surface area contributed by atoms with Gasteiger partial charge in [-0.05, 0) is 19.3 Å². The monoisotopic (exact) mass is 218 g/mol. The molecule has 1 N–H and O–H groups in total. The fraction of sp³-hybridized carbons (Fsp3) is 1.00. The second-order valence-corrected chi connectivity index (χ2v) is 3.83. The van der Waals surface area contributed by atoms with Crippen molar-refractivity contribution in [3.63, 3.8) is 0 Å². The van der Waals surface area contributed by atoms with Crippen LogP contribution in [-0.4, -0.2) is 23.9 Å². The molecule has 0 aliphatic carbocycles. The van der Waals surface area contributed by atoms with E-state index in [0.29, 0.717) is 6.10 Å². The first-order valence-corrected chi connectivity index (χ1v) is 6.45. The van der Waals surface area contributed by atoms with Gasteiger partial charge in [0.15, 0.2) is 0 Å². The molecule has 0 spiro atoms. The summed E-state index contributed by atoms with van der Waals surface area (Å²) in [6.07, 6.45) is 6.17. The van der Waals surface area contributed by atoms with E-state index in [-0.39, 0.29) is 6.10 Å². The average Bonchev–Trinajstić information content (AvgIpc) is 3.12. The number of ether oxygens (including phenoxy) is 1. The molecule has 15 heavy (non-hydrogen) atoms. The molecule has 1 atom stereocenters. The topological polar surface area (TPSA) is 32.8 Å². The molecule has 1 aliphatic rings. The van der Waals surface area contributed by atoms with E-state index < -0.39 is 0 Å². The summed E-state index contributed by atoms with van der Waals surface area (Å²) in [4.78, 5) is 0. The minimum absolute atomic E-state index is 0.0648. The summed E-state index contributed by atoms with van der Waals surface area (Å²) in [5.74, 6) is 0. The second-order valence-electron chi connectivity index (χ2n) is 3.83. The van der Waals surface area contributed by atoms with Crippen molar-refractivity contribution >= 4 is 0 Å². The van der Waals surface area contributed by atoms with E-state index in [0.717, 1.165) is 19.4 Å². The predicted molar refractivity (Wildman–Crippen MR) is 67.2 cm³/mol. The van der Waals surface area contributed by atoms with Crippen LogP contribution in [0, 0.1) is 0 Å². The van der Waals surface area contributed by atoms with Crippen molar-refractivity contribution in [2.75, 3.05) is 6.61 Å². The van der Waals surface area contributed by atoms with Gasteiger partial charge in [-0.15, -0.1) is 0 Å². The molecular weight excluding hydrogens is 188 g/mol. The highest BCUT2D eigenvalue weighted by Crippen LogP contribution is 2.10. The summed E-state index contributed by atoms with van der Waals surface area (Å²) in [7, 11) is 0. The Morgan fingerprint density at radius 1 is 1.07 bits per heavy atom. The lowest BCUT2D eigenvalue weighted by molar-refractivity contribution is 0.166. The first-order valence-electron chi connectivity index (χ1n) is 6.45. The molecule has 0 aromatic heterocycles. The third kappa shape index (κ3) is 20.1. The second kappa shape index (κ2) is 13.9. The van der Waals surface area contributed by atoms with Gasteiger partial charge in [0.05, 0.1) is 18.8 Å². The minimum atomic E-state index is -0.0648. The lowest BCUT2D eigenvalue weighted by Crippen LogP contribution is -1.99. The van der Waals surface area contributed by atoms with Crippen molar-refractivity contribution in [3.05, 3.63) is 0 Å². The summed E-state index contributed by atoms with van der Waals surface area (Å²) in [6, 6.07) is 0. The van der Waals surface area contributed by atoms with E-state index >= 15 is 0 Å². The van der Waals surface area contributed by atoms with Gasteiger partial charge in [0.2, 0.25) is 0 Å². The number of unbranched alkanes of at least 4 members (excludes halogenated alkanes) is 1. The Morgan fingerprint density at radius 2 is 1.47 bits per heavy atom. The zero-order chi connectivity index (χ0) is 12.1. The van der Waals surface area contributed by atoms with Crippen molar-refractivity contribution in [3.8, 4) is 0 Å². The van der Waals surface area contributed by atoms with Crippen LogP contribution in [0.1, 0.15) is 66.7 Å². The molecule has 1 heterocycles. The van der Waals surface area contributed by atoms with Crippen LogP contribution in [0.3, 0.4) is 0 Å². The molecule has 0 saturated carbocycles. The molecule has 0 amide bonds. The van der Waals surface area contributed by atoms with Gasteiger partial charge in [-0.1, -0.05) is 47.5 Å². The summed E-state index contributed by atoms with van der Waals surface area (Å²) < 4.78 is 4.86. The van der Waals surface area contributed by atoms with Gasteiger partial charge in [0.25, 0.3) is 0 Å². The van der Waals surface area contributed by atoms with Crippen LogP contribution in [0.4, 0.5) is 0 Å². The van der Waals surface area contributed by atoms with E-state index in [1.807, 2.05) is 13.8 Å². The minimum Gasteiger partial charge on any atom is -0.393 e. The number of hydrogen-bond donors (Lipinski definition) is 1. The lowest BCUT2D eigenvalue weighted by atomic mass is 10.2. The van der Waals surface area contributed by atoms with E-state index in [4.69, 9.17) is 9.84 Å². The first kappa shape index (κ1) is 17.3. The Labute approximate surface area is 96.0 Å². The number of aliphatic hydroxyl groups excluding tert-OH is 1. The number of hydrogen-bond acceptors (Lipinski definition) is 2. The molecule has 94 valence electrons. The molecule has 2 heteroatoms. The molecule has 0 aromatic carbocycles. The van der Waals surface area contributed by atoms with Crippen LogP contribution >= 0.6 is 0 Å². The summed E-state index contributed by atoms with van der Waals surface area (Å²) >= 11 is 0. The van der Waals surface area contributed by atoms with Crippen molar-refractivity contribution in [1.29, 1.82) is 0 Å². The SMILES string of the molecule is CCC(O)CC.CCC1CO1.CCCC. The summed E-state index contributed by atoms with van der Waals surface area (Å²) in [6.45, 7) is 11.5. The Kier molecular flexibility index (Phi) is 16.1.